The number of hydrogen-bond acceptors (Lipinski definition) is 4. The number of sulfone groups is 1. The number of pyridine rings is 1. The maximum absolute atomic E-state index is 12.8. The van der Waals surface area contributed by atoms with E-state index in [0.717, 1.165) is 0 Å². The van der Waals surface area contributed by atoms with E-state index in [-0.39, 0.29) is 17.5 Å². The van der Waals surface area contributed by atoms with Gasteiger partial charge in [-0.2, -0.15) is 4.39 Å². The molecule has 0 saturated carbocycles. The van der Waals surface area contributed by atoms with Crippen LogP contribution in [0.25, 0.3) is 0 Å². The highest BCUT2D eigenvalue weighted by Gasteiger charge is 2.23. The van der Waals surface area contributed by atoms with E-state index < -0.39 is 15.8 Å². The Bertz CT molecular complexity index is 461. The van der Waals surface area contributed by atoms with Gasteiger partial charge in [-0.25, -0.2) is 13.4 Å². The van der Waals surface area contributed by atoms with Crippen LogP contribution in [0, 0.1) is 5.95 Å². The second kappa shape index (κ2) is 4.37. The average molecular weight is 244 g/mol. The van der Waals surface area contributed by atoms with Crippen molar-refractivity contribution in [2.24, 2.45) is 0 Å². The van der Waals surface area contributed by atoms with Crippen molar-refractivity contribution in [1.82, 2.24) is 4.98 Å². The van der Waals surface area contributed by atoms with E-state index in [2.05, 4.69) is 10.3 Å². The van der Waals surface area contributed by atoms with E-state index in [9.17, 15) is 12.8 Å². The van der Waals surface area contributed by atoms with Crippen LogP contribution in [-0.4, -0.2) is 30.9 Å². The molecule has 1 aromatic rings. The Kier molecular flexibility index (Phi) is 3.09. The molecule has 1 fully saturated rings. The molecule has 0 atom stereocenters. The maximum atomic E-state index is 12.8. The first-order chi connectivity index (χ1) is 7.55. The summed E-state index contributed by atoms with van der Waals surface area (Å²) < 4.78 is 35.2. The summed E-state index contributed by atoms with van der Waals surface area (Å²) in [4.78, 5) is 3.45. The lowest BCUT2D eigenvalue weighted by atomic mass is 10.1. The summed E-state index contributed by atoms with van der Waals surface area (Å²) in [5, 5.41) is 3.12. The fraction of sp³-hybridized carbons (Fsp3) is 0.500. The van der Waals surface area contributed by atoms with Crippen molar-refractivity contribution >= 4 is 15.5 Å². The molecule has 0 unspecified atom stereocenters. The molecule has 0 radical (unpaired) electrons. The lowest BCUT2D eigenvalue weighted by molar-refractivity contribution is 0.558. The monoisotopic (exact) mass is 244 g/mol. The minimum atomic E-state index is -2.84. The molecule has 1 aromatic heterocycles. The quantitative estimate of drug-likeness (QED) is 0.794. The number of aromatic nitrogens is 1. The predicted molar refractivity (Wildman–Crippen MR) is 59.5 cm³/mol. The minimum absolute atomic E-state index is 0.102. The molecule has 1 N–H and O–H groups in total. The normalized spacial score (nSPS) is 20.6. The third kappa shape index (κ3) is 2.91. The summed E-state index contributed by atoms with van der Waals surface area (Å²) >= 11 is 0. The Morgan fingerprint density at radius 3 is 2.69 bits per heavy atom. The van der Waals surface area contributed by atoms with Crippen LogP contribution in [0.15, 0.2) is 18.3 Å². The van der Waals surface area contributed by atoms with Gasteiger partial charge in [0.1, 0.15) is 9.84 Å². The van der Waals surface area contributed by atoms with Gasteiger partial charge in [0.2, 0.25) is 5.95 Å². The van der Waals surface area contributed by atoms with Gasteiger partial charge in [-0.3, -0.25) is 0 Å². The van der Waals surface area contributed by atoms with Gasteiger partial charge < -0.3 is 5.32 Å². The van der Waals surface area contributed by atoms with Crippen molar-refractivity contribution in [3.63, 3.8) is 0 Å². The molecule has 2 rings (SSSR count). The minimum Gasteiger partial charge on any atom is -0.382 e. The first-order valence-corrected chi connectivity index (χ1v) is 6.96. The Morgan fingerprint density at radius 2 is 2.06 bits per heavy atom. The third-order valence-corrected chi connectivity index (χ3v) is 4.37. The first-order valence-electron chi connectivity index (χ1n) is 5.14. The highest BCUT2D eigenvalue weighted by atomic mass is 32.2. The van der Waals surface area contributed by atoms with Gasteiger partial charge in [0.25, 0.3) is 0 Å². The molecule has 1 saturated heterocycles. The van der Waals surface area contributed by atoms with Crippen molar-refractivity contribution < 1.29 is 12.8 Å². The molecule has 0 bridgehead atoms. The van der Waals surface area contributed by atoms with Crippen molar-refractivity contribution in [3.8, 4) is 0 Å². The van der Waals surface area contributed by atoms with Crippen LogP contribution in [0.3, 0.4) is 0 Å². The molecule has 0 spiro atoms. The van der Waals surface area contributed by atoms with E-state index in [1.165, 1.54) is 12.3 Å². The molecule has 88 valence electrons. The van der Waals surface area contributed by atoms with Gasteiger partial charge in [0.15, 0.2) is 0 Å². The van der Waals surface area contributed by atoms with Crippen LogP contribution in [-0.2, 0) is 9.84 Å². The van der Waals surface area contributed by atoms with E-state index in [1.807, 2.05) is 0 Å². The molecule has 16 heavy (non-hydrogen) atoms. The Balaban J connectivity index is 1.97. The molecule has 0 aromatic carbocycles. The lowest BCUT2D eigenvalue weighted by Gasteiger charge is -2.23. The van der Waals surface area contributed by atoms with Gasteiger partial charge >= 0.3 is 0 Å². The summed E-state index contributed by atoms with van der Waals surface area (Å²) in [6.45, 7) is 0. The molecule has 0 aliphatic carbocycles. The Hall–Kier alpha value is -1.17. The first kappa shape index (κ1) is 11.3. The number of anilines is 1. The van der Waals surface area contributed by atoms with Crippen molar-refractivity contribution in [3.05, 3.63) is 24.3 Å². The summed E-state index contributed by atoms with van der Waals surface area (Å²) in [5.41, 5.74) is 0.650. The van der Waals surface area contributed by atoms with Gasteiger partial charge in [0, 0.05) is 24.0 Å². The number of nitrogens with zero attached hydrogens (tertiary/aromatic N) is 1. The van der Waals surface area contributed by atoms with Crippen molar-refractivity contribution in [2.45, 2.75) is 18.9 Å². The standard InChI is InChI=1S/C10H13FN2O2S/c11-10-7-9(1-4-12-10)13-8-2-5-16(14,15)6-3-8/h1,4,7-8H,2-3,5-6H2,(H,12,13). The van der Waals surface area contributed by atoms with Crippen LogP contribution in [0.4, 0.5) is 10.1 Å². The van der Waals surface area contributed by atoms with Crippen molar-refractivity contribution in [1.29, 1.82) is 0 Å². The molecule has 0 amide bonds. The second-order valence-electron chi connectivity index (χ2n) is 3.94. The van der Waals surface area contributed by atoms with Crippen LogP contribution < -0.4 is 5.32 Å². The van der Waals surface area contributed by atoms with Crippen molar-refractivity contribution in [2.75, 3.05) is 16.8 Å². The zero-order valence-electron chi connectivity index (χ0n) is 8.69. The fourth-order valence-corrected chi connectivity index (χ4v) is 3.25. The Morgan fingerprint density at radius 1 is 1.38 bits per heavy atom. The van der Waals surface area contributed by atoms with E-state index in [0.29, 0.717) is 18.5 Å². The number of nitrogens with one attached hydrogen (secondary N) is 1. The summed E-state index contributed by atoms with van der Waals surface area (Å²) in [6.07, 6.45) is 2.54. The second-order valence-corrected chi connectivity index (χ2v) is 6.24. The average Bonchev–Trinajstić information content (AvgIpc) is 2.21. The number of rotatable bonds is 2. The van der Waals surface area contributed by atoms with Gasteiger partial charge in [-0.1, -0.05) is 0 Å². The highest BCUT2D eigenvalue weighted by molar-refractivity contribution is 7.91. The van der Waals surface area contributed by atoms with Gasteiger partial charge in [-0.05, 0) is 18.9 Å². The SMILES string of the molecule is O=S1(=O)CCC(Nc2ccnc(F)c2)CC1. The summed E-state index contributed by atoms with van der Waals surface area (Å²) in [7, 11) is -2.84. The van der Waals surface area contributed by atoms with E-state index >= 15 is 0 Å². The predicted octanol–water partition coefficient (Wildman–Crippen LogP) is 1.21. The third-order valence-electron chi connectivity index (χ3n) is 2.65. The van der Waals surface area contributed by atoms with E-state index in [4.69, 9.17) is 0 Å². The number of halogens is 1. The zero-order chi connectivity index (χ0) is 11.6. The van der Waals surface area contributed by atoms with Gasteiger partial charge in [-0.15, -0.1) is 0 Å². The largest absolute Gasteiger partial charge is 0.382 e. The molecular formula is C10H13FN2O2S. The highest BCUT2D eigenvalue weighted by Crippen LogP contribution is 2.17. The summed E-state index contributed by atoms with van der Waals surface area (Å²) in [5.74, 6) is -0.121. The molecule has 1 aliphatic heterocycles. The fourth-order valence-electron chi connectivity index (χ4n) is 1.76. The maximum Gasteiger partial charge on any atom is 0.214 e. The van der Waals surface area contributed by atoms with Gasteiger partial charge in [0.05, 0.1) is 11.5 Å². The van der Waals surface area contributed by atoms with Crippen LogP contribution in [0.5, 0.6) is 0 Å². The Labute approximate surface area is 93.8 Å². The molecule has 6 heteroatoms. The molecule has 4 nitrogen and oxygen atoms in total. The molecular weight excluding hydrogens is 231 g/mol. The number of hydrogen-bond donors (Lipinski definition) is 1. The zero-order valence-corrected chi connectivity index (χ0v) is 9.50. The topological polar surface area (TPSA) is 59.1 Å². The van der Waals surface area contributed by atoms with Crippen LogP contribution in [0.1, 0.15) is 12.8 Å². The lowest BCUT2D eigenvalue weighted by Crippen LogP contribution is -2.32. The molecule has 1 aliphatic rings. The smallest absolute Gasteiger partial charge is 0.214 e. The van der Waals surface area contributed by atoms with E-state index in [1.54, 1.807) is 6.07 Å². The van der Waals surface area contributed by atoms with Crippen LogP contribution in [0.2, 0.25) is 0 Å². The van der Waals surface area contributed by atoms with Crippen LogP contribution >= 0.6 is 0 Å². The summed E-state index contributed by atoms with van der Waals surface area (Å²) in [6, 6.07) is 3.08. The molecule has 2 heterocycles.